The largest absolute Gasteiger partial charge is 0.351 e. The highest BCUT2D eigenvalue weighted by atomic mass is 35.5. The van der Waals surface area contributed by atoms with Crippen molar-refractivity contribution in [2.45, 2.75) is 0 Å². The smallest absolute Gasteiger partial charge is 0.225 e. The molecule has 3 rings (SSSR count). The van der Waals surface area contributed by atoms with E-state index >= 15 is 0 Å². The summed E-state index contributed by atoms with van der Waals surface area (Å²) in [6.45, 7) is 0. The molecule has 98 valence electrons. The van der Waals surface area contributed by atoms with E-state index in [-0.39, 0.29) is 27.8 Å². The van der Waals surface area contributed by atoms with Gasteiger partial charge in [-0.15, -0.1) is 0 Å². The predicted molar refractivity (Wildman–Crippen MR) is 75.8 cm³/mol. The molecular weight excluding hydrogens is 276 g/mol. The molecule has 0 saturated heterocycles. The lowest BCUT2D eigenvalue weighted by molar-refractivity contribution is 0.0978. The number of ketones is 2. The van der Waals surface area contributed by atoms with E-state index in [4.69, 9.17) is 11.6 Å². The number of rotatable bonds is 2. The number of aromatic nitrogens is 1. The van der Waals surface area contributed by atoms with Gasteiger partial charge in [0.1, 0.15) is 16.4 Å². The van der Waals surface area contributed by atoms with Gasteiger partial charge in [-0.3, -0.25) is 14.6 Å². The lowest BCUT2D eigenvalue weighted by Gasteiger charge is -2.18. The molecule has 0 atom stereocenters. The molecule has 1 aliphatic carbocycles. The number of hydrogen-bond acceptors (Lipinski definition) is 4. The van der Waals surface area contributed by atoms with Gasteiger partial charge >= 0.3 is 0 Å². The number of carbonyl (C=O) groups is 2. The minimum absolute atomic E-state index is 0.0865. The van der Waals surface area contributed by atoms with E-state index in [2.05, 4.69) is 10.3 Å². The lowest BCUT2D eigenvalue weighted by Crippen LogP contribution is -2.25. The molecule has 0 spiro atoms. The summed E-state index contributed by atoms with van der Waals surface area (Å²) in [7, 11) is 0. The topological polar surface area (TPSA) is 59.1 Å². The highest BCUT2D eigenvalue weighted by molar-refractivity contribution is 6.50. The van der Waals surface area contributed by atoms with Gasteiger partial charge in [-0.2, -0.15) is 0 Å². The van der Waals surface area contributed by atoms with Crippen LogP contribution in [-0.4, -0.2) is 16.6 Å². The first kappa shape index (κ1) is 12.6. The van der Waals surface area contributed by atoms with Crippen molar-refractivity contribution in [3.8, 4) is 0 Å². The molecule has 0 fully saturated rings. The van der Waals surface area contributed by atoms with Gasteiger partial charge in [-0.25, -0.2) is 0 Å². The van der Waals surface area contributed by atoms with Crippen LogP contribution in [0.2, 0.25) is 0 Å². The molecule has 0 aliphatic heterocycles. The third-order valence-corrected chi connectivity index (χ3v) is 3.32. The zero-order valence-electron chi connectivity index (χ0n) is 10.3. The Hall–Kier alpha value is -2.46. The molecule has 0 bridgehead atoms. The minimum Gasteiger partial charge on any atom is -0.351 e. The standard InChI is InChI=1S/C15H9ClN2O2/c16-11-13(18-9-5-2-1-3-6-9)14(19)10-7-4-8-17-12(10)15(11)20/h1-8,18H. The summed E-state index contributed by atoms with van der Waals surface area (Å²) >= 11 is 6.01. The maximum absolute atomic E-state index is 12.4. The van der Waals surface area contributed by atoms with Gasteiger partial charge in [0.2, 0.25) is 11.6 Å². The third-order valence-electron chi connectivity index (χ3n) is 2.96. The van der Waals surface area contributed by atoms with Crippen LogP contribution in [0.1, 0.15) is 20.8 Å². The van der Waals surface area contributed by atoms with Crippen molar-refractivity contribution in [1.82, 2.24) is 4.98 Å². The van der Waals surface area contributed by atoms with Crippen LogP contribution in [0.3, 0.4) is 0 Å². The second-order valence-electron chi connectivity index (χ2n) is 4.24. The van der Waals surface area contributed by atoms with Gasteiger partial charge in [0.15, 0.2) is 0 Å². The fourth-order valence-electron chi connectivity index (χ4n) is 2.00. The summed E-state index contributed by atoms with van der Waals surface area (Å²) in [5, 5.41) is 2.77. The zero-order valence-corrected chi connectivity index (χ0v) is 11.0. The Morgan fingerprint density at radius 3 is 2.45 bits per heavy atom. The number of pyridine rings is 1. The van der Waals surface area contributed by atoms with Crippen LogP contribution in [0, 0.1) is 0 Å². The second kappa shape index (κ2) is 4.90. The molecule has 1 aliphatic rings. The minimum atomic E-state index is -0.444. The normalized spacial score (nSPS) is 14.2. The van der Waals surface area contributed by atoms with Crippen LogP contribution < -0.4 is 5.32 Å². The van der Waals surface area contributed by atoms with Crippen molar-refractivity contribution < 1.29 is 9.59 Å². The first-order valence-electron chi connectivity index (χ1n) is 5.95. The van der Waals surface area contributed by atoms with Crippen molar-refractivity contribution in [1.29, 1.82) is 0 Å². The van der Waals surface area contributed by atoms with Crippen molar-refractivity contribution in [2.75, 3.05) is 5.32 Å². The van der Waals surface area contributed by atoms with Gasteiger partial charge < -0.3 is 5.32 Å². The Balaban J connectivity index is 2.06. The summed E-state index contributed by atoms with van der Waals surface area (Å²) in [6.07, 6.45) is 1.46. The number of allylic oxidation sites excluding steroid dienone is 2. The molecule has 1 aromatic carbocycles. The first-order chi connectivity index (χ1) is 9.68. The molecule has 1 aromatic heterocycles. The number of para-hydroxylation sites is 1. The van der Waals surface area contributed by atoms with E-state index < -0.39 is 5.78 Å². The fourth-order valence-corrected chi connectivity index (χ4v) is 2.22. The molecule has 4 nitrogen and oxygen atoms in total. The number of halogens is 1. The fraction of sp³-hybridized carbons (Fsp3) is 0. The van der Waals surface area contributed by atoms with Gasteiger partial charge in [0, 0.05) is 11.9 Å². The highest BCUT2D eigenvalue weighted by Crippen LogP contribution is 2.28. The Kier molecular flexibility index (Phi) is 3.08. The van der Waals surface area contributed by atoms with Crippen LogP contribution in [0.4, 0.5) is 5.69 Å². The maximum atomic E-state index is 12.4. The summed E-state index contributed by atoms with van der Waals surface area (Å²) in [4.78, 5) is 28.4. The Morgan fingerprint density at radius 1 is 0.950 bits per heavy atom. The molecule has 0 radical (unpaired) electrons. The summed E-state index contributed by atoms with van der Waals surface area (Å²) < 4.78 is 0. The summed E-state index contributed by atoms with van der Waals surface area (Å²) in [5.74, 6) is -0.776. The molecule has 5 heteroatoms. The number of nitrogens with zero attached hydrogens (tertiary/aromatic N) is 1. The van der Waals surface area contributed by atoms with Crippen LogP contribution in [0.5, 0.6) is 0 Å². The number of fused-ring (bicyclic) bond motifs is 1. The zero-order chi connectivity index (χ0) is 14.1. The summed E-state index contributed by atoms with van der Waals surface area (Å²) in [5.41, 5.74) is 1.14. The Labute approximate surface area is 120 Å². The highest BCUT2D eigenvalue weighted by Gasteiger charge is 2.32. The number of hydrogen-bond donors (Lipinski definition) is 1. The number of anilines is 1. The van der Waals surface area contributed by atoms with Gasteiger partial charge in [0.05, 0.1) is 5.56 Å². The number of nitrogens with one attached hydrogen (secondary N) is 1. The van der Waals surface area contributed by atoms with E-state index in [9.17, 15) is 9.59 Å². The van der Waals surface area contributed by atoms with Crippen molar-refractivity contribution in [3.05, 3.63) is 70.6 Å². The molecular formula is C15H9ClN2O2. The molecule has 1 heterocycles. The van der Waals surface area contributed by atoms with E-state index in [0.29, 0.717) is 5.69 Å². The Bertz CT molecular complexity index is 739. The average Bonchev–Trinajstić information content (AvgIpc) is 2.50. The van der Waals surface area contributed by atoms with E-state index in [1.165, 1.54) is 6.20 Å². The molecule has 1 N–H and O–H groups in total. The number of carbonyl (C=O) groups excluding carboxylic acids is 2. The predicted octanol–water partition coefficient (Wildman–Crippen LogP) is 3.02. The molecule has 0 unspecified atom stereocenters. The van der Waals surface area contributed by atoms with Crippen LogP contribution in [-0.2, 0) is 0 Å². The van der Waals surface area contributed by atoms with E-state index in [0.717, 1.165) is 0 Å². The van der Waals surface area contributed by atoms with Gasteiger partial charge in [-0.05, 0) is 24.3 Å². The molecule has 0 amide bonds. The summed E-state index contributed by atoms with van der Waals surface area (Å²) in [6, 6.07) is 12.3. The quantitative estimate of drug-likeness (QED) is 0.921. The maximum Gasteiger partial charge on any atom is 0.225 e. The van der Waals surface area contributed by atoms with Crippen LogP contribution in [0.15, 0.2) is 59.4 Å². The second-order valence-corrected chi connectivity index (χ2v) is 4.62. The number of benzene rings is 1. The number of Topliss-reactive ketones (excluding diaryl/α,β-unsaturated/α-hetero) is 2. The van der Waals surface area contributed by atoms with Crippen molar-refractivity contribution >= 4 is 28.9 Å². The van der Waals surface area contributed by atoms with E-state index in [1.54, 1.807) is 24.3 Å². The SMILES string of the molecule is O=C1C(Nc2ccccc2)=C(Cl)C(=O)c2ncccc21. The van der Waals surface area contributed by atoms with E-state index in [1.807, 2.05) is 18.2 Å². The van der Waals surface area contributed by atoms with Gasteiger partial charge in [-0.1, -0.05) is 29.8 Å². The van der Waals surface area contributed by atoms with Gasteiger partial charge in [0.25, 0.3) is 0 Å². The Morgan fingerprint density at radius 2 is 1.70 bits per heavy atom. The monoisotopic (exact) mass is 284 g/mol. The lowest BCUT2D eigenvalue weighted by atomic mass is 9.97. The molecule has 20 heavy (non-hydrogen) atoms. The van der Waals surface area contributed by atoms with Crippen molar-refractivity contribution in [2.24, 2.45) is 0 Å². The first-order valence-corrected chi connectivity index (χ1v) is 6.32. The van der Waals surface area contributed by atoms with Crippen LogP contribution in [0.25, 0.3) is 0 Å². The van der Waals surface area contributed by atoms with Crippen molar-refractivity contribution in [3.63, 3.8) is 0 Å². The molecule has 0 saturated carbocycles. The molecule has 2 aromatic rings. The van der Waals surface area contributed by atoms with Crippen LogP contribution >= 0.6 is 11.6 Å². The average molecular weight is 285 g/mol. The third kappa shape index (κ3) is 2.00.